The Labute approximate surface area is 152 Å². The highest BCUT2D eigenvalue weighted by atomic mass is 35.5. The van der Waals surface area contributed by atoms with Gasteiger partial charge in [0.25, 0.3) is 0 Å². The highest BCUT2D eigenvalue weighted by molar-refractivity contribution is 5.85. The topological polar surface area (TPSA) is 12.5 Å². The first-order valence-corrected chi connectivity index (χ1v) is 8.18. The van der Waals surface area contributed by atoms with E-state index >= 15 is 0 Å². The van der Waals surface area contributed by atoms with Gasteiger partial charge < -0.3 is 9.64 Å². The van der Waals surface area contributed by atoms with Gasteiger partial charge in [-0.05, 0) is 55.8 Å². The third-order valence-corrected chi connectivity index (χ3v) is 3.90. The third-order valence-electron chi connectivity index (χ3n) is 3.90. The number of allylic oxidation sites excluding steroid dienone is 1. The summed E-state index contributed by atoms with van der Waals surface area (Å²) in [5, 5.41) is 0. The minimum atomic E-state index is 0. The Morgan fingerprint density at radius 3 is 2.42 bits per heavy atom. The Balaban J connectivity index is 0.00000288. The molecule has 0 amide bonds. The van der Waals surface area contributed by atoms with E-state index in [-0.39, 0.29) is 12.4 Å². The Bertz CT molecular complexity index is 637. The molecule has 0 saturated carbocycles. The zero-order valence-corrected chi connectivity index (χ0v) is 15.8. The molecule has 2 rings (SSSR count). The molecule has 0 aromatic heterocycles. The summed E-state index contributed by atoms with van der Waals surface area (Å²) < 4.78 is 5.95. The van der Waals surface area contributed by atoms with E-state index in [0.29, 0.717) is 12.5 Å². The summed E-state index contributed by atoms with van der Waals surface area (Å²) in [7, 11) is 4.23. The molecule has 1 atom stereocenters. The predicted molar refractivity (Wildman–Crippen MR) is 106 cm³/mol. The van der Waals surface area contributed by atoms with E-state index < -0.39 is 0 Å². The molecule has 0 aliphatic carbocycles. The van der Waals surface area contributed by atoms with Gasteiger partial charge in [0.2, 0.25) is 0 Å². The minimum Gasteiger partial charge on any atom is -0.489 e. The Hall–Kier alpha value is -1.77. The van der Waals surface area contributed by atoms with Gasteiger partial charge in [0, 0.05) is 6.54 Å². The van der Waals surface area contributed by atoms with Gasteiger partial charge in [0.05, 0.1) is 0 Å². The lowest BCUT2D eigenvalue weighted by molar-refractivity contribution is 0.306. The lowest BCUT2D eigenvalue weighted by Gasteiger charge is -2.20. The summed E-state index contributed by atoms with van der Waals surface area (Å²) in [6.07, 6.45) is 2.21. The maximum atomic E-state index is 5.95. The molecule has 24 heavy (non-hydrogen) atoms. The molecule has 0 fully saturated rings. The van der Waals surface area contributed by atoms with Crippen molar-refractivity contribution in [2.24, 2.45) is 5.92 Å². The fourth-order valence-corrected chi connectivity index (χ4v) is 2.89. The molecule has 130 valence electrons. The number of halogens is 1. The van der Waals surface area contributed by atoms with Crippen LogP contribution in [0, 0.1) is 5.92 Å². The molecule has 2 aromatic rings. The normalized spacial score (nSPS) is 12.6. The molecule has 0 spiro atoms. The monoisotopic (exact) mass is 345 g/mol. The maximum absolute atomic E-state index is 5.95. The summed E-state index contributed by atoms with van der Waals surface area (Å²) in [5.74, 6) is 1.40. The van der Waals surface area contributed by atoms with Crippen molar-refractivity contribution >= 4 is 18.0 Å². The molecule has 0 N–H and O–H groups in total. The Morgan fingerprint density at radius 1 is 1.08 bits per heavy atom. The number of hydrogen-bond acceptors (Lipinski definition) is 2. The molecule has 0 aliphatic heterocycles. The summed E-state index contributed by atoms with van der Waals surface area (Å²) in [5.41, 5.74) is 3.79. The number of benzene rings is 2. The summed E-state index contributed by atoms with van der Waals surface area (Å²) in [4.78, 5) is 2.23. The van der Waals surface area contributed by atoms with Crippen LogP contribution in [0.3, 0.4) is 0 Å². The molecule has 0 heterocycles. The van der Waals surface area contributed by atoms with E-state index in [9.17, 15) is 0 Å². The van der Waals surface area contributed by atoms with E-state index in [1.807, 2.05) is 24.3 Å². The van der Waals surface area contributed by atoms with Crippen molar-refractivity contribution in [1.82, 2.24) is 4.90 Å². The zero-order chi connectivity index (χ0) is 16.7. The third kappa shape index (κ3) is 6.03. The van der Waals surface area contributed by atoms with Gasteiger partial charge in [-0.2, -0.15) is 0 Å². The highest BCUT2D eigenvalue weighted by Crippen LogP contribution is 2.27. The number of hydrogen-bond donors (Lipinski definition) is 0. The molecule has 0 bridgehead atoms. The van der Waals surface area contributed by atoms with Crippen LogP contribution in [0.5, 0.6) is 5.75 Å². The van der Waals surface area contributed by atoms with Crippen LogP contribution in [0.1, 0.15) is 25.0 Å². The largest absolute Gasteiger partial charge is 0.489 e. The van der Waals surface area contributed by atoms with Gasteiger partial charge in [-0.15, -0.1) is 12.4 Å². The van der Waals surface area contributed by atoms with Crippen molar-refractivity contribution in [2.75, 3.05) is 20.6 Å². The Kier molecular flexibility index (Phi) is 8.59. The van der Waals surface area contributed by atoms with Crippen molar-refractivity contribution in [3.8, 4) is 5.75 Å². The van der Waals surface area contributed by atoms with Crippen molar-refractivity contribution in [3.05, 3.63) is 71.8 Å². The second-order valence-electron chi connectivity index (χ2n) is 6.21. The van der Waals surface area contributed by atoms with E-state index in [4.69, 9.17) is 4.74 Å². The second-order valence-corrected chi connectivity index (χ2v) is 6.21. The average molecular weight is 346 g/mol. The Morgan fingerprint density at radius 2 is 1.79 bits per heavy atom. The van der Waals surface area contributed by atoms with Gasteiger partial charge in [-0.1, -0.05) is 55.5 Å². The molecule has 2 nitrogen and oxygen atoms in total. The summed E-state index contributed by atoms with van der Waals surface area (Å²) >= 11 is 0. The van der Waals surface area contributed by atoms with Crippen molar-refractivity contribution < 1.29 is 4.74 Å². The molecule has 2 aromatic carbocycles. The first kappa shape index (κ1) is 20.3. The van der Waals surface area contributed by atoms with E-state index in [1.165, 1.54) is 16.7 Å². The number of nitrogens with zero attached hydrogens (tertiary/aromatic N) is 1. The number of ether oxygens (including phenoxy) is 1. The molecular formula is C21H28ClNO. The van der Waals surface area contributed by atoms with Crippen molar-refractivity contribution in [3.63, 3.8) is 0 Å². The van der Waals surface area contributed by atoms with Crippen LogP contribution >= 0.6 is 12.4 Å². The van der Waals surface area contributed by atoms with Crippen molar-refractivity contribution in [1.29, 1.82) is 0 Å². The average Bonchev–Trinajstić information content (AvgIpc) is 2.54. The molecule has 0 aliphatic rings. The van der Waals surface area contributed by atoms with Crippen LogP contribution in [0.25, 0.3) is 5.57 Å². The van der Waals surface area contributed by atoms with Crippen LogP contribution in [0.4, 0.5) is 0 Å². The zero-order valence-electron chi connectivity index (χ0n) is 15.0. The van der Waals surface area contributed by atoms with E-state index in [1.54, 1.807) is 0 Å². The van der Waals surface area contributed by atoms with Crippen LogP contribution in [0.15, 0.2) is 60.7 Å². The highest BCUT2D eigenvalue weighted by Gasteiger charge is 2.12. The van der Waals surface area contributed by atoms with Crippen LogP contribution in [-0.4, -0.2) is 25.5 Å². The summed E-state index contributed by atoms with van der Waals surface area (Å²) in [6.45, 7) is 6.02. The maximum Gasteiger partial charge on any atom is 0.120 e. The standard InChI is InChI=1S/C21H27NO.ClH/c1-5-21(17(2)15-22(3)4)19-12-9-13-20(14-19)23-16-18-10-7-6-8-11-18;/h5-14,17H,15-16H2,1-4H3;1H/t17-;/m0./s1. The van der Waals surface area contributed by atoms with Crippen molar-refractivity contribution in [2.45, 2.75) is 20.5 Å². The second kappa shape index (κ2) is 10.2. The fraction of sp³-hybridized carbons (Fsp3) is 0.333. The molecule has 0 radical (unpaired) electrons. The lowest BCUT2D eigenvalue weighted by atomic mass is 9.93. The number of rotatable bonds is 7. The van der Waals surface area contributed by atoms with Gasteiger partial charge >= 0.3 is 0 Å². The molecule has 0 unspecified atom stereocenters. The predicted octanol–water partition coefficient (Wildman–Crippen LogP) is 5.29. The lowest BCUT2D eigenvalue weighted by Crippen LogP contribution is -2.20. The SMILES string of the molecule is CC=C(c1cccc(OCc2ccccc2)c1)[C@@H](C)CN(C)C.Cl. The van der Waals surface area contributed by atoms with Gasteiger partial charge in [0.1, 0.15) is 12.4 Å². The fourth-order valence-electron chi connectivity index (χ4n) is 2.89. The first-order chi connectivity index (χ1) is 11.1. The van der Waals surface area contributed by atoms with Crippen LogP contribution in [-0.2, 0) is 6.61 Å². The van der Waals surface area contributed by atoms with Gasteiger partial charge in [-0.25, -0.2) is 0 Å². The summed E-state index contributed by atoms with van der Waals surface area (Å²) in [6, 6.07) is 18.7. The minimum absolute atomic E-state index is 0. The molecular weight excluding hydrogens is 318 g/mol. The molecule has 3 heteroatoms. The van der Waals surface area contributed by atoms with Gasteiger partial charge in [-0.3, -0.25) is 0 Å². The first-order valence-electron chi connectivity index (χ1n) is 8.18. The van der Waals surface area contributed by atoms with Gasteiger partial charge in [0.15, 0.2) is 0 Å². The van der Waals surface area contributed by atoms with E-state index in [0.717, 1.165) is 12.3 Å². The molecule has 0 saturated heterocycles. The smallest absolute Gasteiger partial charge is 0.120 e. The quantitative estimate of drug-likeness (QED) is 0.676. The van der Waals surface area contributed by atoms with Crippen LogP contribution in [0.2, 0.25) is 0 Å². The van der Waals surface area contributed by atoms with Crippen LogP contribution < -0.4 is 4.74 Å². The van der Waals surface area contributed by atoms with E-state index in [2.05, 4.69) is 69.3 Å².